The summed E-state index contributed by atoms with van der Waals surface area (Å²) in [4.78, 5) is 48.1. The van der Waals surface area contributed by atoms with Crippen LogP contribution >= 0.6 is 0 Å². The van der Waals surface area contributed by atoms with Crippen molar-refractivity contribution in [3.8, 4) is 5.69 Å². The highest BCUT2D eigenvalue weighted by molar-refractivity contribution is 5.81. The Balaban J connectivity index is 1.24. The normalized spacial score (nSPS) is 15.1. The van der Waals surface area contributed by atoms with Gasteiger partial charge in [-0.2, -0.15) is 0 Å². The van der Waals surface area contributed by atoms with Gasteiger partial charge in [0, 0.05) is 31.7 Å². The zero-order valence-electron chi connectivity index (χ0n) is 23.3. The summed E-state index contributed by atoms with van der Waals surface area (Å²) in [5.74, 6) is -0.402. The van der Waals surface area contributed by atoms with Gasteiger partial charge in [-0.15, -0.1) is 0 Å². The van der Waals surface area contributed by atoms with Crippen LogP contribution in [0.5, 0.6) is 0 Å². The Kier molecular flexibility index (Phi) is 8.86. The van der Waals surface area contributed by atoms with Gasteiger partial charge >= 0.3 is 11.9 Å². The molecule has 9 heteroatoms. The maximum Gasteiger partial charge on any atom is 0.352 e. The summed E-state index contributed by atoms with van der Waals surface area (Å²) in [6.45, 7) is 6.70. The minimum Gasteiger partial charge on any atom is -0.460 e. The molecule has 0 amide bonds. The lowest BCUT2D eigenvalue weighted by Crippen LogP contribution is -2.48. The van der Waals surface area contributed by atoms with Crippen LogP contribution in [-0.4, -0.2) is 70.1 Å². The van der Waals surface area contributed by atoms with E-state index in [9.17, 15) is 14.4 Å². The van der Waals surface area contributed by atoms with E-state index in [1.807, 2.05) is 59.5 Å². The first-order valence-electron chi connectivity index (χ1n) is 13.8. The fourth-order valence-corrected chi connectivity index (χ4v) is 4.96. The van der Waals surface area contributed by atoms with Crippen LogP contribution < -0.4 is 5.56 Å². The van der Waals surface area contributed by atoms with Crippen LogP contribution in [-0.2, 0) is 25.6 Å². The predicted octanol–water partition coefficient (Wildman–Crippen LogP) is 3.74. The summed E-state index contributed by atoms with van der Waals surface area (Å²) in [7, 11) is 0. The molecule has 212 valence electrons. The van der Waals surface area contributed by atoms with E-state index < -0.39 is 18.0 Å². The van der Waals surface area contributed by atoms with E-state index >= 15 is 0 Å². The Labute approximate surface area is 238 Å². The SMILES string of the molecule is CC(C)OC(=O)C(OC(=O)CN1CCN(Cc2nc3ccccc3c(=O)n2-c2ccccc2)CC1)c1ccccc1. The molecule has 2 heterocycles. The molecule has 1 saturated heterocycles. The molecule has 1 aliphatic heterocycles. The largest absolute Gasteiger partial charge is 0.460 e. The Morgan fingerprint density at radius 2 is 1.41 bits per heavy atom. The number of esters is 2. The number of ether oxygens (including phenoxy) is 2. The van der Waals surface area contributed by atoms with E-state index in [4.69, 9.17) is 14.5 Å². The average Bonchev–Trinajstić information content (AvgIpc) is 2.97. The fourth-order valence-electron chi connectivity index (χ4n) is 4.96. The first-order valence-corrected chi connectivity index (χ1v) is 13.8. The van der Waals surface area contributed by atoms with Gasteiger partial charge < -0.3 is 9.47 Å². The van der Waals surface area contributed by atoms with Crippen molar-refractivity contribution in [2.45, 2.75) is 32.6 Å². The molecule has 0 radical (unpaired) electrons. The summed E-state index contributed by atoms with van der Waals surface area (Å²) in [6, 6.07) is 25.8. The van der Waals surface area contributed by atoms with Gasteiger partial charge in [0.2, 0.25) is 6.10 Å². The first-order chi connectivity index (χ1) is 19.9. The molecule has 0 aliphatic carbocycles. The van der Waals surface area contributed by atoms with Gasteiger partial charge in [-0.1, -0.05) is 60.7 Å². The van der Waals surface area contributed by atoms with Gasteiger partial charge in [-0.05, 0) is 38.1 Å². The van der Waals surface area contributed by atoms with E-state index in [1.165, 1.54) is 0 Å². The second kappa shape index (κ2) is 12.9. The quantitative estimate of drug-likeness (QED) is 0.289. The lowest BCUT2D eigenvalue weighted by molar-refractivity contribution is -0.172. The van der Waals surface area contributed by atoms with Crippen LogP contribution in [0.2, 0.25) is 0 Å². The number of nitrogens with zero attached hydrogens (tertiary/aromatic N) is 4. The van der Waals surface area contributed by atoms with E-state index in [1.54, 1.807) is 48.7 Å². The molecular weight excluding hydrogens is 520 g/mol. The topological polar surface area (TPSA) is 94.0 Å². The molecule has 9 nitrogen and oxygen atoms in total. The lowest BCUT2D eigenvalue weighted by atomic mass is 10.1. The molecule has 41 heavy (non-hydrogen) atoms. The summed E-state index contributed by atoms with van der Waals surface area (Å²) >= 11 is 0. The van der Waals surface area contributed by atoms with Crippen molar-refractivity contribution >= 4 is 22.8 Å². The van der Waals surface area contributed by atoms with Gasteiger partial charge in [0.1, 0.15) is 5.82 Å². The highest BCUT2D eigenvalue weighted by Gasteiger charge is 2.29. The number of benzene rings is 3. The first kappa shape index (κ1) is 28.2. The van der Waals surface area contributed by atoms with Gasteiger partial charge in [0.05, 0.1) is 35.8 Å². The van der Waals surface area contributed by atoms with Crippen molar-refractivity contribution in [2.24, 2.45) is 0 Å². The van der Waals surface area contributed by atoms with Crippen molar-refractivity contribution < 1.29 is 19.1 Å². The Morgan fingerprint density at radius 3 is 2.10 bits per heavy atom. The second-order valence-electron chi connectivity index (χ2n) is 10.3. The predicted molar refractivity (Wildman–Crippen MR) is 156 cm³/mol. The van der Waals surface area contributed by atoms with Crippen LogP contribution in [0.15, 0.2) is 89.7 Å². The zero-order chi connectivity index (χ0) is 28.8. The van der Waals surface area contributed by atoms with E-state index in [-0.39, 0.29) is 18.2 Å². The van der Waals surface area contributed by atoms with Crippen LogP contribution in [0.25, 0.3) is 16.6 Å². The molecule has 1 aromatic heterocycles. The Morgan fingerprint density at radius 1 is 0.805 bits per heavy atom. The molecule has 4 aromatic rings. The van der Waals surface area contributed by atoms with Crippen LogP contribution in [0, 0.1) is 0 Å². The van der Waals surface area contributed by atoms with E-state index in [0.717, 1.165) is 5.69 Å². The number of hydrogen-bond donors (Lipinski definition) is 0. The van der Waals surface area contributed by atoms with Gasteiger partial charge in [-0.25, -0.2) is 9.78 Å². The molecule has 3 aromatic carbocycles. The molecule has 0 saturated carbocycles. The van der Waals surface area contributed by atoms with Gasteiger partial charge in [0.15, 0.2) is 0 Å². The van der Waals surface area contributed by atoms with Gasteiger partial charge in [-0.3, -0.25) is 24.0 Å². The number of hydrogen-bond acceptors (Lipinski definition) is 8. The number of aromatic nitrogens is 2. The number of fused-ring (bicyclic) bond motifs is 1. The smallest absolute Gasteiger partial charge is 0.352 e. The molecule has 0 N–H and O–H groups in total. The molecule has 1 atom stereocenters. The maximum absolute atomic E-state index is 13.5. The lowest BCUT2D eigenvalue weighted by Gasteiger charge is -2.34. The monoisotopic (exact) mass is 554 g/mol. The minimum atomic E-state index is -1.11. The number of rotatable bonds is 9. The molecule has 5 rings (SSSR count). The molecule has 0 spiro atoms. The molecule has 1 aliphatic rings. The Hall–Kier alpha value is -4.34. The van der Waals surface area contributed by atoms with Crippen molar-refractivity contribution in [1.82, 2.24) is 19.4 Å². The molecular formula is C32H34N4O5. The van der Waals surface area contributed by atoms with E-state index in [0.29, 0.717) is 55.0 Å². The van der Waals surface area contributed by atoms with Crippen LogP contribution in [0.4, 0.5) is 0 Å². The number of piperazine rings is 1. The molecule has 1 unspecified atom stereocenters. The number of para-hydroxylation sites is 2. The maximum atomic E-state index is 13.5. The third-order valence-corrected chi connectivity index (χ3v) is 6.96. The highest BCUT2D eigenvalue weighted by atomic mass is 16.6. The van der Waals surface area contributed by atoms with Crippen molar-refractivity contribution in [3.63, 3.8) is 0 Å². The summed E-state index contributed by atoms with van der Waals surface area (Å²) in [6.07, 6.45) is -1.43. The Bertz CT molecular complexity index is 1550. The summed E-state index contributed by atoms with van der Waals surface area (Å²) < 4.78 is 12.7. The highest BCUT2D eigenvalue weighted by Crippen LogP contribution is 2.21. The minimum absolute atomic E-state index is 0.0646. The average molecular weight is 555 g/mol. The van der Waals surface area contributed by atoms with Crippen molar-refractivity contribution in [2.75, 3.05) is 32.7 Å². The third kappa shape index (κ3) is 6.87. The molecule has 0 bridgehead atoms. The summed E-state index contributed by atoms with van der Waals surface area (Å²) in [5.41, 5.74) is 1.92. The zero-order valence-corrected chi connectivity index (χ0v) is 23.3. The van der Waals surface area contributed by atoms with Gasteiger partial charge in [0.25, 0.3) is 5.56 Å². The van der Waals surface area contributed by atoms with Crippen molar-refractivity contribution in [1.29, 1.82) is 0 Å². The standard InChI is InChI=1S/C32H34N4O5/c1-23(2)40-32(39)30(24-11-5-3-6-12-24)41-29(37)22-35-19-17-34(18-20-35)21-28-33-27-16-10-9-15-26(27)31(38)36(28)25-13-7-4-8-14-25/h3-16,23,30H,17-22H2,1-2H3. The second-order valence-corrected chi connectivity index (χ2v) is 10.3. The molecule has 1 fully saturated rings. The van der Waals surface area contributed by atoms with Crippen LogP contribution in [0.1, 0.15) is 31.3 Å². The number of carbonyl (C=O) groups excluding carboxylic acids is 2. The third-order valence-electron chi connectivity index (χ3n) is 6.96. The summed E-state index contributed by atoms with van der Waals surface area (Å²) in [5, 5.41) is 0.578. The fraction of sp³-hybridized carbons (Fsp3) is 0.312. The number of carbonyl (C=O) groups is 2. The van der Waals surface area contributed by atoms with Crippen molar-refractivity contribution in [3.05, 3.63) is 107 Å². The van der Waals surface area contributed by atoms with E-state index in [2.05, 4.69) is 4.90 Å². The van der Waals surface area contributed by atoms with Crippen LogP contribution in [0.3, 0.4) is 0 Å².